The monoisotopic (exact) mass is 271 g/mol. The molecule has 0 bridgehead atoms. The summed E-state index contributed by atoms with van der Waals surface area (Å²) in [6.45, 7) is 0. The Kier molecular flexibility index (Phi) is 2.59. The summed E-state index contributed by atoms with van der Waals surface area (Å²) >= 11 is 1.54. The minimum Gasteiger partial charge on any atom is -0.292 e. The van der Waals surface area contributed by atoms with Gasteiger partial charge >= 0.3 is 0 Å². The van der Waals surface area contributed by atoms with Gasteiger partial charge in [0.05, 0.1) is 16.5 Å². The number of thiazole rings is 1. The third kappa shape index (κ3) is 2.04. The number of aromatic nitrogens is 1. The minimum absolute atomic E-state index is 0.0170. The van der Waals surface area contributed by atoms with E-state index in [2.05, 4.69) is 4.98 Å². The van der Waals surface area contributed by atoms with Crippen LogP contribution in [0, 0.1) is 0 Å². The number of sulfone groups is 1. The van der Waals surface area contributed by atoms with Gasteiger partial charge in [0.2, 0.25) is 0 Å². The number of ketones is 1. The molecule has 2 aliphatic rings. The fourth-order valence-corrected chi connectivity index (χ4v) is 5.56. The molecule has 1 aromatic heterocycles. The molecule has 1 fully saturated rings. The second-order valence-corrected chi connectivity index (χ2v) is 8.04. The van der Waals surface area contributed by atoms with Gasteiger partial charge in [-0.2, -0.15) is 0 Å². The zero-order valence-electron chi connectivity index (χ0n) is 9.31. The van der Waals surface area contributed by atoms with Crippen LogP contribution in [0.4, 0.5) is 0 Å². The van der Waals surface area contributed by atoms with Gasteiger partial charge in [0, 0.05) is 17.2 Å². The van der Waals surface area contributed by atoms with Crippen molar-refractivity contribution < 1.29 is 13.2 Å². The van der Waals surface area contributed by atoms with Gasteiger partial charge in [0.1, 0.15) is 5.69 Å². The van der Waals surface area contributed by atoms with Gasteiger partial charge in [-0.15, -0.1) is 11.3 Å². The van der Waals surface area contributed by atoms with Crippen molar-refractivity contribution in [2.24, 2.45) is 0 Å². The van der Waals surface area contributed by atoms with Crippen molar-refractivity contribution in [2.75, 3.05) is 11.5 Å². The van der Waals surface area contributed by atoms with Crippen LogP contribution < -0.4 is 0 Å². The van der Waals surface area contributed by atoms with Crippen molar-refractivity contribution in [1.29, 1.82) is 0 Å². The summed E-state index contributed by atoms with van der Waals surface area (Å²) in [5.41, 5.74) is 0.612. The van der Waals surface area contributed by atoms with Gasteiger partial charge in [-0.25, -0.2) is 13.4 Å². The molecule has 1 aliphatic heterocycles. The molecule has 0 radical (unpaired) electrons. The van der Waals surface area contributed by atoms with Crippen LogP contribution in [0.5, 0.6) is 0 Å². The summed E-state index contributed by atoms with van der Waals surface area (Å²) < 4.78 is 22.9. The maximum absolute atomic E-state index is 11.7. The summed E-state index contributed by atoms with van der Waals surface area (Å²) in [4.78, 5) is 17.1. The van der Waals surface area contributed by atoms with Gasteiger partial charge in [0.15, 0.2) is 15.6 Å². The van der Waals surface area contributed by atoms with E-state index in [-0.39, 0.29) is 23.2 Å². The normalized spacial score (nSPS) is 27.1. The van der Waals surface area contributed by atoms with Crippen molar-refractivity contribution in [3.63, 3.8) is 0 Å². The first-order valence-electron chi connectivity index (χ1n) is 5.78. The molecule has 4 nitrogen and oxygen atoms in total. The molecule has 1 unspecified atom stereocenters. The number of rotatable bonds is 1. The first-order valence-corrected chi connectivity index (χ1v) is 8.42. The largest absolute Gasteiger partial charge is 0.292 e. The second-order valence-electron chi connectivity index (χ2n) is 4.70. The van der Waals surface area contributed by atoms with E-state index >= 15 is 0 Å². The van der Waals surface area contributed by atoms with Gasteiger partial charge in [-0.1, -0.05) is 0 Å². The Morgan fingerprint density at radius 1 is 1.29 bits per heavy atom. The quantitative estimate of drug-likeness (QED) is 0.777. The summed E-state index contributed by atoms with van der Waals surface area (Å²) in [5, 5.41) is 0.853. The summed E-state index contributed by atoms with van der Waals surface area (Å²) in [5.74, 6) is 0.599. The molecule has 1 aliphatic carbocycles. The molecule has 0 saturated carbocycles. The summed E-state index contributed by atoms with van der Waals surface area (Å²) in [6.07, 6.45) is 3.05. The molecular weight excluding hydrogens is 258 g/mol. The van der Waals surface area contributed by atoms with Gasteiger partial charge in [-0.3, -0.25) is 4.79 Å². The highest BCUT2D eigenvalue weighted by molar-refractivity contribution is 7.91. The maximum Gasteiger partial charge on any atom is 0.182 e. The SMILES string of the molecule is O=C1CCCc2sc(C3CCS(=O)(=O)C3)nc21. The molecule has 1 atom stereocenters. The molecule has 2 heterocycles. The third-order valence-electron chi connectivity index (χ3n) is 3.37. The van der Waals surface area contributed by atoms with Gasteiger partial charge < -0.3 is 0 Å². The summed E-state index contributed by atoms with van der Waals surface area (Å²) in [6, 6.07) is 0. The molecule has 0 N–H and O–H groups in total. The van der Waals surface area contributed by atoms with E-state index in [0.717, 1.165) is 22.7 Å². The van der Waals surface area contributed by atoms with Crippen molar-refractivity contribution >= 4 is 27.0 Å². The Labute approximate surface area is 104 Å². The van der Waals surface area contributed by atoms with E-state index < -0.39 is 9.84 Å². The first-order chi connectivity index (χ1) is 8.05. The van der Waals surface area contributed by atoms with Crippen LogP contribution in [0.2, 0.25) is 0 Å². The van der Waals surface area contributed by atoms with E-state index in [9.17, 15) is 13.2 Å². The third-order valence-corrected chi connectivity index (χ3v) is 6.41. The van der Waals surface area contributed by atoms with Gasteiger partial charge in [-0.05, 0) is 19.3 Å². The zero-order chi connectivity index (χ0) is 12.0. The Hall–Kier alpha value is -0.750. The lowest BCUT2D eigenvalue weighted by Gasteiger charge is -2.06. The molecule has 0 amide bonds. The molecular formula is C11H13NO3S2. The summed E-state index contributed by atoms with van der Waals surface area (Å²) in [7, 11) is -2.88. The lowest BCUT2D eigenvalue weighted by Crippen LogP contribution is -2.09. The Bertz CT molecular complexity index is 574. The van der Waals surface area contributed by atoms with Crippen LogP contribution in [-0.2, 0) is 16.3 Å². The lowest BCUT2D eigenvalue weighted by atomic mass is 10.0. The molecule has 0 aromatic carbocycles. The Balaban J connectivity index is 1.93. The van der Waals surface area contributed by atoms with Crippen molar-refractivity contribution in [2.45, 2.75) is 31.6 Å². The first kappa shape index (κ1) is 11.3. The topological polar surface area (TPSA) is 64.1 Å². The fraction of sp³-hybridized carbons (Fsp3) is 0.636. The molecule has 6 heteroatoms. The molecule has 1 saturated heterocycles. The maximum atomic E-state index is 11.7. The average Bonchev–Trinajstić information content (AvgIpc) is 2.82. The second kappa shape index (κ2) is 3.88. The standard InChI is InChI=1S/C11H13NO3S2/c13-8-2-1-3-9-10(8)12-11(16-9)7-4-5-17(14,15)6-7/h7H,1-6H2. The molecule has 3 rings (SSSR count). The number of hydrogen-bond donors (Lipinski definition) is 0. The van der Waals surface area contributed by atoms with Crippen molar-refractivity contribution in [3.8, 4) is 0 Å². The smallest absolute Gasteiger partial charge is 0.182 e. The highest BCUT2D eigenvalue weighted by atomic mass is 32.2. The van der Waals surface area contributed by atoms with E-state index in [1.165, 1.54) is 0 Å². The number of nitrogens with zero attached hydrogens (tertiary/aromatic N) is 1. The van der Waals surface area contributed by atoms with E-state index in [0.29, 0.717) is 18.5 Å². The predicted octanol–water partition coefficient (Wildman–Crippen LogP) is 1.56. The molecule has 0 spiro atoms. The number of carbonyl (C=O) groups excluding carboxylic acids is 1. The Morgan fingerprint density at radius 2 is 2.12 bits per heavy atom. The highest BCUT2D eigenvalue weighted by Crippen LogP contribution is 2.35. The van der Waals surface area contributed by atoms with Crippen LogP contribution in [-0.4, -0.2) is 30.7 Å². The molecule has 17 heavy (non-hydrogen) atoms. The Morgan fingerprint density at radius 3 is 2.76 bits per heavy atom. The molecule has 92 valence electrons. The van der Waals surface area contributed by atoms with E-state index in [1.807, 2.05) is 0 Å². The van der Waals surface area contributed by atoms with Crippen molar-refractivity contribution in [3.05, 3.63) is 15.6 Å². The lowest BCUT2D eigenvalue weighted by molar-refractivity contribution is 0.0968. The number of hydrogen-bond acceptors (Lipinski definition) is 5. The molecule has 1 aromatic rings. The zero-order valence-corrected chi connectivity index (χ0v) is 10.9. The number of aryl methyl sites for hydroxylation is 1. The van der Waals surface area contributed by atoms with E-state index in [4.69, 9.17) is 0 Å². The van der Waals surface area contributed by atoms with E-state index in [1.54, 1.807) is 11.3 Å². The fourth-order valence-electron chi connectivity index (χ4n) is 2.45. The number of Topliss-reactive ketones (excluding diaryl/α,β-unsaturated/α-hetero) is 1. The van der Waals surface area contributed by atoms with Crippen LogP contribution in [0.1, 0.15) is 45.6 Å². The number of carbonyl (C=O) groups is 1. The van der Waals surface area contributed by atoms with Crippen LogP contribution in [0.25, 0.3) is 0 Å². The van der Waals surface area contributed by atoms with Crippen LogP contribution in [0.3, 0.4) is 0 Å². The minimum atomic E-state index is -2.88. The van der Waals surface area contributed by atoms with Crippen molar-refractivity contribution in [1.82, 2.24) is 4.98 Å². The average molecular weight is 271 g/mol. The van der Waals surface area contributed by atoms with Gasteiger partial charge in [0.25, 0.3) is 0 Å². The number of fused-ring (bicyclic) bond motifs is 1. The highest BCUT2D eigenvalue weighted by Gasteiger charge is 2.33. The van der Waals surface area contributed by atoms with Crippen LogP contribution >= 0.6 is 11.3 Å². The van der Waals surface area contributed by atoms with Crippen LogP contribution in [0.15, 0.2) is 0 Å². The predicted molar refractivity (Wildman–Crippen MR) is 65.4 cm³/mol.